The normalized spacial score (nSPS) is 15.2. The highest BCUT2D eigenvalue weighted by Crippen LogP contribution is 2.23. The molecule has 0 radical (unpaired) electrons. The molecule has 1 aliphatic heterocycles. The molecule has 1 aromatic rings. The van der Waals surface area contributed by atoms with Gasteiger partial charge >= 0.3 is 12.1 Å². The lowest BCUT2D eigenvalue weighted by Crippen LogP contribution is -2.35. The number of hydrogen-bond donors (Lipinski definition) is 1. The number of piperidine rings is 1. The second-order valence-corrected chi connectivity index (χ2v) is 6.34. The minimum Gasteiger partial charge on any atom is -0.495 e. The molecule has 10 heteroatoms. The minimum atomic E-state index is -4.90. The first kappa shape index (κ1) is 22.3. The van der Waals surface area contributed by atoms with Crippen molar-refractivity contribution in [3.63, 3.8) is 0 Å². The maximum atomic E-state index is 12.2. The average Bonchev–Trinajstić information content (AvgIpc) is 2.70. The Bertz CT molecular complexity index is 771. The van der Waals surface area contributed by atoms with Crippen LogP contribution in [-0.2, 0) is 19.1 Å². The second-order valence-electron chi connectivity index (χ2n) is 6.34. The number of amides is 1. The van der Waals surface area contributed by atoms with E-state index in [1.165, 1.54) is 12.0 Å². The molecule has 0 unspecified atom stereocenters. The van der Waals surface area contributed by atoms with Crippen LogP contribution in [0.3, 0.4) is 0 Å². The molecule has 1 aromatic carbocycles. The molecule has 2 rings (SSSR count). The quantitative estimate of drug-likeness (QED) is 0.545. The van der Waals surface area contributed by atoms with Crippen LogP contribution in [0.15, 0.2) is 36.5 Å². The predicted molar refractivity (Wildman–Crippen MR) is 97.1 cm³/mol. The third-order valence-electron chi connectivity index (χ3n) is 4.31. The Morgan fingerprint density at radius 3 is 2.48 bits per heavy atom. The van der Waals surface area contributed by atoms with Crippen molar-refractivity contribution >= 4 is 23.3 Å². The molecule has 0 aliphatic carbocycles. The van der Waals surface area contributed by atoms with Crippen LogP contribution in [0.2, 0.25) is 0 Å². The minimum absolute atomic E-state index is 0.300. The first-order valence-corrected chi connectivity index (χ1v) is 8.83. The van der Waals surface area contributed by atoms with Crippen LogP contribution in [0, 0.1) is 5.92 Å². The van der Waals surface area contributed by atoms with E-state index in [4.69, 9.17) is 9.47 Å². The highest BCUT2D eigenvalue weighted by Gasteiger charge is 2.36. The molecule has 1 saturated heterocycles. The van der Waals surface area contributed by atoms with Gasteiger partial charge < -0.3 is 19.7 Å². The summed E-state index contributed by atoms with van der Waals surface area (Å²) in [6, 6.07) is 6.78. The number of rotatable bonds is 7. The van der Waals surface area contributed by atoms with E-state index in [-0.39, 0.29) is 0 Å². The van der Waals surface area contributed by atoms with Gasteiger partial charge in [-0.3, -0.25) is 14.4 Å². The molecule has 1 amide bonds. The van der Waals surface area contributed by atoms with E-state index in [9.17, 15) is 27.6 Å². The van der Waals surface area contributed by atoms with Crippen molar-refractivity contribution in [2.75, 3.05) is 32.1 Å². The molecule has 1 aliphatic rings. The van der Waals surface area contributed by atoms with E-state index in [1.807, 2.05) is 0 Å². The number of nitrogens with zero attached hydrogens (tertiary/aromatic N) is 1. The van der Waals surface area contributed by atoms with E-state index < -0.39 is 36.4 Å². The number of alkyl halides is 3. The molecule has 158 valence electrons. The Morgan fingerprint density at radius 2 is 1.86 bits per heavy atom. The standard InChI is InChI=1S/C19H21F3N2O5/c1-28-15-5-3-2-4-14(15)23-17(26)12-29-18(27)13-6-9-24(10-7-13)11-8-16(25)19(20,21)22/h2-5,8,11,13H,6-7,9-10,12H2,1H3,(H,23,26). The van der Waals surface area contributed by atoms with Crippen LogP contribution in [0.1, 0.15) is 12.8 Å². The van der Waals surface area contributed by atoms with Crippen LogP contribution in [0.25, 0.3) is 0 Å². The lowest BCUT2D eigenvalue weighted by Gasteiger charge is -2.29. The highest BCUT2D eigenvalue weighted by molar-refractivity contribution is 5.94. The average molecular weight is 414 g/mol. The number of halogens is 3. The Kier molecular flexibility index (Phi) is 7.63. The lowest BCUT2D eigenvalue weighted by atomic mass is 9.97. The fraction of sp³-hybridized carbons (Fsp3) is 0.421. The number of nitrogens with one attached hydrogen (secondary N) is 1. The van der Waals surface area contributed by atoms with Gasteiger partial charge in [0, 0.05) is 25.4 Å². The van der Waals surface area contributed by atoms with E-state index in [0.29, 0.717) is 43.4 Å². The fourth-order valence-electron chi connectivity index (χ4n) is 2.74. The van der Waals surface area contributed by atoms with Crippen LogP contribution in [-0.4, -0.2) is 55.5 Å². The first-order valence-electron chi connectivity index (χ1n) is 8.83. The number of likely N-dealkylation sites (tertiary alicyclic amines) is 1. The number of allylic oxidation sites excluding steroid dienone is 1. The van der Waals surface area contributed by atoms with Gasteiger partial charge in [-0.25, -0.2) is 0 Å². The van der Waals surface area contributed by atoms with Gasteiger partial charge in [-0.05, 0) is 25.0 Å². The molecule has 0 aromatic heterocycles. The number of ketones is 1. The van der Waals surface area contributed by atoms with Crippen LogP contribution in [0.4, 0.5) is 18.9 Å². The molecule has 1 fully saturated rings. The molecule has 0 saturated carbocycles. The van der Waals surface area contributed by atoms with Gasteiger partial charge in [0.15, 0.2) is 6.61 Å². The lowest BCUT2D eigenvalue weighted by molar-refractivity contribution is -0.165. The monoisotopic (exact) mass is 414 g/mol. The topological polar surface area (TPSA) is 84.9 Å². The smallest absolute Gasteiger partial charge is 0.454 e. The van der Waals surface area contributed by atoms with Crippen molar-refractivity contribution in [3.05, 3.63) is 36.5 Å². The molecule has 0 atom stereocenters. The van der Waals surface area contributed by atoms with Gasteiger partial charge in [-0.2, -0.15) is 13.2 Å². The maximum absolute atomic E-state index is 12.2. The third-order valence-corrected chi connectivity index (χ3v) is 4.31. The number of esters is 1. The number of para-hydroxylation sites is 2. The third kappa shape index (κ3) is 6.81. The zero-order valence-electron chi connectivity index (χ0n) is 15.7. The summed E-state index contributed by atoms with van der Waals surface area (Å²) in [5, 5.41) is 2.58. The van der Waals surface area contributed by atoms with Gasteiger partial charge in [-0.15, -0.1) is 0 Å². The predicted octanol–water partition coefficient (Wildman–Crippen LogP) is 2.53. The summed E-state index contributed by atoms with van der Waals surface area (Å²) in [6.07, 6.45) is -2.66. The van der Waals surface area contributed by atoms with Crippen molar-refractivity contribution in [2.24, 2.45) is 5.92 Å². The Hall–Kier alpha value is -3.04. The summed E-state index contributed by atoms with van der Waals surface area (Å²) in [6.45, 7) is 0.140. The summed E-state index contributed by atoms with van der Waals surface area (Å²) in [5.74, 6) is -2.99. The van der Waals surface area contributed by atoms with E-state index in [2.05, 4.69) is 5.32 Å². The van der Waals surface area contributed by atoms with E-state index in [0.717, 1.165) is 6.20 Å². The molecule has 29 heavy (non-hydrogen) atoms. The molecular weight excluding hydrogens is 393 g/mol. The molecule has 1 N–H and O–H groups in total. The summed E-state index contributed by atoms with van der Waals surface area (Å²) >= 11 is 0. The fourth-order valence-corrected chi connectivity index (χ4v) is 2.74. The van der Waals surface area contributed by atoms with Crippen molar-refractivity contribution in [1.82, 2.24) is 4.90 Å². The van der Waals surface area contributed by atoms with E-state index >= 15 is 0 Å². The largest absolute Gasteiger partial charge is 0.495 e. The van der Waals surface area contributed by atoms with Gasteiger partial charge in [0.25, 0.3) is 11.7 Å². The zero-order valence-corrected chi connectivity index (χ0v) is 15.7. The SMILES string of the molecule is COc1ccccc1NC(=O)COC(=O)C1CCN(C=CC(=O)C(F)(F)F)CC1. The van der Waals surface area contributed by atoms with Crippen molar-refractivity contribution < 1.29 is 37.0 Å². The molecule has 0 spiro atoms. The van der Waals surface area contributed by atoms with Crippen molar-refractivity contribution in [1.29, 1.82) is 0 Å². The number of carbonyl (C=O) groups is 3. The molecule has 1 heterocycles. The molecular formula is C19H21F3N2O5. The van der Waals surface area contributed by atoms with Gasteiger partial charge in [0.2, 0.25) is 0 Å². The van der Waals surface area contributed by atoms with Crippen LogP contribution < -0.4 is 10.1 Å². The van der Waals surface area contributed by atoms with Gasteiger partial charge in [0.1, 0.15) is 5.75 Å². The van der Waals surface area contributed by atoms with Gasteiger partial charge in [0.05, 0.1) is 18.7 Å². The summed E-state index contributed by atoms with van der Waals surface area (Å²) in [4.78, 5) is 36.5. The maximum Gasteiger partial charge on any atom is 0.454 e. The van der Waals surface area contributed by atoms with Crippen molar-refractivity contribution in [2.45, 2.75) is 19.0 Å². The number of anilines is 1. The second kappa shape index (κ2) is 9.94. The summed E-state index contributed by atoms with van der Waals surface area (Å²) < 4.78 is 46.7. The zero-order chi connectivity index (χ0) is 21.4. The first-order chi connectivity index (χ1) is 13.7. The van der Waals surface area contributed by atoms with Crippen LogP contribution in [0.5, 0.6) is 5.75 Å². The van der Waals surface area contributed by atoms with Crippen LogP contribution >= 0.6 is 0 Å². The summed E-state index contributed by atoms with van der Waals surface area (Å²) in [5.41, 5.74) is 0.449. The number of methoxy groups -OCH3 is 1. The Labute approximate surface area is 165 Å². The Balaban J connectivity index is 1.75. The van der Waals surface area contributed by atoms with Gasteiger partial charge in [-0.1, -0.05) is 12.1 Å². The molecule has 7 nitrogen and oxygen atoms in total. The number of hydrogen-bond acceptors (Lipinski definition) is 6. The number of ether oxygens (including phenoxy) is 2. The summed E-state index contributed by atoms with van der Waals surface area (Å²) in [7, 11) is 1.46. The number of benzene rings is 1. The molecule has 0 bridgehead atoms. The highest BCUT2D eigenvalue weighted by atomic mass is 19.4. The number of carbonyl (C=O) groups excluding carboxylic acids is 3. The Morgan fingerprint density at radius 1 is 1.21 bits per heavy atom. The van der Waals surface area contributed by atoms with Crippen molar-refractivity contribution in [3.8, 4) is 5.75 Å². The van der Waals surface area contributed by atoms with E-state index in [1.54, 1.807) is 24.3 Å².